The minimum atomic E-state index is -4.51. The number of anilines is 3. The highest BCUT2D eigenvalue weighted by Crippen LogP contribution is 2.35. The Morgan fingerprint density at radius 1 is 1.08 bits per heavy atom. The summed E-state index contributed by atoms with van der Waals surface area (Å²) in [5.74, 6) is 1.25. The maximum atomic E-state index is 13.3. The second-order valence-corrected chi connectivity index (χ2v) is 9.46. The highest BCUT2D eigenvalue weighted by molar-refractivity contribution is 5.95. The summed E-state index contributed by atoms with van der Waals surface area (Å²) >= 11 is 0. The Kier molecular flexibility index (Phi) is 7.06. The van der Waals surface area contributed by atoms with Gasteiger partial charge in [0, 0.05) is 55.7 Å². The number of nitrogens with zero attached hydrogens (tertiary/aromatic N) is 6. The molecule has 4 aromatic rings. The maximum Gasteiger partial charge on any atom is 0.417 e. The number of nitrogens with one attached hydrogen (secondary N) is 2. The largest absolute Gasteiger partial charge is 0.417 e. The molecule has 0 unspecified atom stereocenters. The number of aromatic amines is 1. The molecule has 1 aliphatic rings. The third kappa shape index (κ3) is 5.35. The molecule has 5 heterocycles. The van der Waals surface area contributed by atoms with E-state index in [4.69, 9.17) is 5.73 Å². The molecule has 4 N–H and O–H groups in total. The van der Waals surface area contributed by atoms with Crippen LogP contribution < -0.4 is 16.0 Å². The molecule has 0 aliphatic carbocycles. The van der Waals surface area contributed by atoms with Crippen molar-refractivity contribution in [3.05, 3.63) is 54.1 Å². The number of piperazine rings is 1. The number of pyridine rings is 2. The molecule has 0 aromatic carbocycles. The number of hydrogen-bond acceptors (Lipinski definition) is 8. The van der Waals surface area contributed by atoms with Gasteiger partial charge in [-0.3, -0.25) is 4.90 Å². The number of alkyl halides is 3. The predicted octanol–water partition coefficient (Wildman–Crippen LogP) is 4.72. The molecule has 1 aliphatic heterocycles. The molecule has 1 atom stereocenters. The molecule has 1 fully saturated rings. The second kappa shape index (κ2) is 10.4. The van der Waals surface area contributed by atoms with Gasteiger partial charge in [-0.15, -0.1) is 0 Å². The Morgan fingerprint density at radius 2 is 1.87 bits per heavy atom. The lowest BCUT2D eigenvalue weighted by atomic mass is 10.1. The Bertz CT molecular complexity index is 1390. The van der Waals surface area contributed by atoms with E-state index in [9.17, 15) is 13.2 Å². The van der Waals surface area contributed by atoms with Crippen LogP contribution in [0.1, 0.15) is 37.4 Å². The van der Waals surface area contributed by atoms with Crippen LogP contribution >= 0.6 is 0 Å². The van der Waals surface area contributed by atoms with Gasteiger partial charge in [-0.25, -0.2) is 19.9 Å². The van der Waals surface area contributed by atoms with Crippen molar-refractivity contribution >= 4 is 28.5 Å². The molecule has 38 heavy (non-hydrogen) atoms. The van der Waals surface area contributed by atoms with E-state index in [0.717, 1.165) is 62.8 Å². The van der Waals surface area contributed by atoms with Crippen LogP contribution in [0.2, 0.25) is 0 Å². The Labute approximate surface area is 218 Å². The van der Waals surface area contributed by atoms with E-state index >= 15 is 0 Å². The summed E-state index contributed by atoms with van der Waals surface area (Å²) in [7, 11) is 0. The zero-order chi connectivity index (χ0) is 26.9. The standard InChI is InChI=1S/C26H30F3N9/c1-3-6-37-7-9-38(10-8-37)22-5-4-17(12-31-22)16(2)35-25-34-15-21(30)23(36-25)20-14-33-24-19(20)11-18(13-32-24)26(27,28)29/h4-5,11-16H,3,6-10,30H2,1-2H3,(H,32,33)(H,34,35,36)/t16-/m1/s1. The summed E-state index contributed by atoms with van der Waals surface area (Å²) in [6.45, 7) is 9.28. The van der Waals surface area contributed by atoms with Crippen LogP contribution in [0.4, 0.5) is 30.6 Å². The van der Waals surface area contributed by atoms with E-state index in [2.05, 4.69) is 47.0 Å². The molecule has 4 aromatic heterocycles. The zero-order valence-electron chi connectivity index (χ0n) is 21.3. The number of halogens is 3. The molecular weight excluding hydrogens is 495 g/mol. The fourth-order valence-corrected chi connectivity index (χ4v) is 4.67. The quantitative estimate of drug-likeness (QED) is 0.318. The first-order valence-corrected chi connectivity index (χ1v) is 12.6. The fraction of sp³-hybridized carbons (Fsp3) is 0.385. The van der Waals surface area contributed by atoms with Crippen molar-refractivity contribution in [2.75, 3.05) is 48.7 Å². The van der Waals surface area contributed by atoms with Crippen molar-refractivity contribution in [1.82, 2.24) is 29.8 Å². The smallest absolute Gasteiger partial charge is 0.396 e. The molecule has 1 saturated heterocycles. The van der Waals surface area contributed by atoms with E-state index in [1.165, 1.54) is 6.20 Å². The highest BCUT2D eigenvalue weighted by Gasteiger charge is 2.31. The number of rotatable bonds is 7. The summed E-state index contributed by atoms with van der Waals surface area (Å²) in [6.07, 6.45) is 2.28. The molecule has 9 nitrogen and oxygen atoms in total. The van der Waals surface area contributed by atoms with Gasteiger partial charge in [-0.2, -0.15) is 13.2 Å². The average molecular weight is 526 g/mol. The lowest BCUT2D eigenvalue weighted by molar-refractivity contribution is -0.137. The first kappa shape index (κ1) is 25.7. The van der Waals surface area contributed by atoms with Gasteiger partial charge in [0.2, 0.25) is 5.95 Å². The van der Waals surface area contributed by atoms with Crippen molar-refractivity contribution < 1.29 is 13.2 Å². The van der Waals surface area contributed by atoms with Crippen LogP contribution in [-0.4, -0.2) is 62.5 Å². The molecular formula is C26H30F3N9. The van der Waals surface area contributed by atoms with Crippen molar-refractivity contribution in [2.45, 2.75) is 32.5 Å². The van der Waals surface area contributed by atoms with Gasteiger partial charge < -0.3 is 20.9 Å². The molecule has 12 heteroatoms. The van der Waals surface area contributed by atoms with Crippen LogP contribution in [0.15, 0.2) is 43.0 Å². The normalized spacial score (nSPS) is 15.7. The monoisotopic (exact) mass is 525 g/mol. The molecule has 200 valence electrons. The molecule has 5 rings (SSSR count). The number of hydrogen-bond donors (Lipinski definition) is 3. The third-order valence-electron chi connectivity index (χ3n) is 6.78. The summed E-state index contributed by atoms with van der Waals surface area (Å²) in [6, 6.07) is 4.93. The second-order valence-electron chi connectivity index (χ2n) is 9.46. The topological polar surface area (TPSA) is 112 Å². The first-order chi connectivity index (χ1) is 18.2. The third-order valence-corrected chi connectivity index (χ3v) is 6.78. The van der Waals surface area contributed by atoms with Crippen molar-refractivity contribution in [3.8, 4) is 11.3 Å². The van der Waals surface area contributed by atoms with Gasteiger partial charge in [0.15, 0.2) is 0 Å². The molecule has 0 radical (unpaired) electrons. The Hall–Kier alpha value is -3.93. The fourth-order valence-electron chi connectivity index (χ4n) is 4.67. The molecule has 0 saturated carbocycles. The van der Waals surface area contributed by atoms with Crippen LogP contribution in [0.25, 0.3) is 22.3 Å². The van der Waals surface area contributed by atoms with E-state index in [1.807, 2.05) is 25.3 Å². The van der Waals surface area contributed by atoms with E-state index in [-0.39, 0.29) is 17.1 Å². The van der Waals surface area contributed by atoms with Crippen molar-refractivity contribution in [1.29, 1.82) is 0 Å². The van der Waals surface area contributed by atoms with E-state index in [0.29, 0.717) is 22.9 Å². The lowest BCUT2D eigenvalue weighted by Gasteiger charge is -2.35. The Morgan fingerprint density at radius 3 is 2.55 bits per heavy atom. The van der Waals surface area contributed by atoms with Crippen molar-refractivity contribution in [3.63, 3.8) is 0 Å². The SMILES string of the molecule is CCCN1CCN(c2ccc([C@@H](C)Nc3ncc(N)c(-c4c[nH]c5ncc(C(F)(F)F)cc45)n3)cn2)CC1. The molecule has 0 amide bonds. The summed E-state index contributed by atoms with van der Waals surface area (Å²) < 4.78 is 39.8. The van der Waals surface area contributed by atoms with E-state index in [1.54, 1.807) is 6.20 Å². The first-order valence-electron chi connectivity index (χ1n) is 12.6. The van der Waals surface area contributed by atoms with Gasteiger partial charge in [0.05, 0.1) is 23.5 Å². The van der Waals surface area contributed by atoms with Gasteiger partial charge in [0.25, 0.3) is 0 Å². The average Bonchev–Trinajstić information content (AvgIpc) is 3.33. The zero-order valence-corrected chi connectivity index (χ0v) is 21.3. The lowest BCUT2D eigenvalue weighted by Crippen LogP contribution is -2.46. The molecule has 0 bridgehead atoms. The predicted molar refractivity (Wildman–Crippen MR) is 142 cm³/mol. The van der Waals surface area contributed by atoms with Gasteiger partial charge in [-0.1, -0.05) is 13.0 Å². The summed E-state index contributed by atoms with van der Waals surface area (Å²) in [4.78, 5) is 25.0. The number of H-pyrrole nitrogens is 1. The van der Waals surface area contributed by atoms with Gasteiger partial charge in [0.1, 0.15) is 17.2 Å². The van der Waals surface area contributed by atoms with Crippen LogP contribution in [0.5, 0.6) is 0 Å². The number of nitrogens with two attached hydrogens (primary N) is 1. The molecule has 0 spiro atoms. The van der Waals surface area contributed by atoms with E-state index < -0.39 is 11.7 Å². The summed E-state index contributed by atoms with van der Waals surface area (Å²) in [5, 5.41) is 3.52. The highest BCUT2D eigenvalue weighted by atomic mass is 19.4. The van der Waals surface area contributed by atoms with Gasteiger partial charge in [-0.05, 0) is 37.6 Å². The number of fused-ring (bicyclic) bond motifs is 1. The summed E-state index contributed by atoms with van der Waals surface area (Å²) in [5.41, 5.74) is 7.52. The van der Waals surface area contributed by atoms with Crippen molar-refractivity contribution in [2.24, 2.45) is 0 Å². The van der Waals surface area contributed by atoms with Crippen LogP contribution in [-0.2, 0) is 6.18 Å². The van der Waals surface area contributed by atoms with Crippen LogP contribution in [0, 0.1) is 0 Å². The number of aromatic nitrogens is 5. The number of nitrogen functional groups attached to an aromatic ring is 1. The minimum Gasteiger partial charge on any atom is -0.396 e. The van der Waals surface area contributed by atoms with Gasteiger partial charge >= 0.3 is 6.18 Å². The Balaban J connectivity index is 1.32. The minimum absolute atomic E-state index is 0.170. The maximum absolute atomic E-state index is 13.3. The van der Waals surface area contributed by atoms with Crippen LogP contribution in [0.3, 0.4) is 0 Å².